The third-order valence-corrected chi connectivity index (χ3v) is 6.48. The lowest BCUT2D eigenvalue weighted by Gasteiger charge is -2.17. The zero-order chi connectivity index (χ0) is 27.5. The molecule has 0 aliphatic heterocycles. The molecule has 0 saturated carbocycles. The number of ether oxygens (including phenoxy) is 1. The topological polar surface area (TPSA) is 134 Å². The average molecular weight is 527 g/mol. The number of fused-ring (bicyclic) bond motifs is 1. The zero-order valence-corrected chi connectivity index (χ0v) is 21.7. The van der Waals surface area contributed by atoms with Crippen LogP contribution in [0, 0.1) is 10.1 Å². The van der Waals surface area contributed by atoms with Crippen molar-refractivity contribution in [1.29, 1.82) is 0 Å². The molecule has 0 unspecified atom stereocenters. The smallest absolute Gasteiger partial charge is 0.338 e. The molecule has 2 aromatic heterocycles. The summed E-state index contributed by atoms with van der Waals surface area (Å²) in [4.78, 5) is 26.4. The van der Waals surface area contributed by atoms with E-state index in [9.17, 15) is 14.9 Å². The maximum Gasteiger partial charge on any atom is 0.338 e. The highest BCUT2D eigenvalue weighted by Crippen LogP contribution is 2.28. The third kappa shape index (κ3) is 5.50. The lowest BCUT2D eigenvalue weighted by atomic mass is 10.1. The van der Waals surface area contributed by atoms with E-state index >= 15 is 0 Å². The molecule has 0 radical (unpaired) electrons. The van der Waals surface area contributed by atoms with Gasteiger partial charge in [-0.25, -0.2) is 4.79 Å². The number of nitro benzene ring substituents is 1. The molecule has 12 nitrogen and oxygen atoms in total. The molecule has 0 spiro atoms. The molecule has 0 amide bonds. The number of likely N-dealkylation sites (N-methyl/N-ethyl adjacent to an activating group) is 1. The number of aromatic nitrogens is 6. The summed E-state index contributed by atoms with van der Waals surface area (Å²) in [6, 6.07) is 18.2. The first-order valence-corrected chi connectivity index (χ1v) is 12.2. The number of nitro groups is 1. The van der Waals surface area contributed by atoms with E-state index in [1.807, 2.05) is 42.2 Å². The number of hydrogen-bond donors (Lipinski definition) is 0. The van der Waals surface area contributed by atoms with Gasteiger partial charge in [-0.3, -0.25) is 14.8 Å². The predicted molar refractivity (Wildman–Crippen MR) is 143 cm³/mol. The maximum absolute atomic E-state index is 11.8. The van der Waals surface area contributed by atoms with Crippen LogP contribution in [0.3, 0.4) is 0 Å². The number of esters is 1. The largest absolute Gasteiger partial charge is 0.465 e. The van der Waals surface area contributed by atoms with Crippen molar-refractivity contribution in [2.75, 3.05) is 20.7 Å². The minimum Gasteiger partial charge on any atom is -0.465 e. The normalized spacial score (nSPS) is 11.3. The molecular weight excluding hydrogens is 500 g/mol. The molecule has 5 aromatic rings. The van der Waals surface area contributed by atoms with Crippen molar-refractivity contribution in [2.45, 2.75) is 13.0 Å². The minimum absolute atomic E-state index is 0.0659. The molecule has 0 fully saturated rings. The summed E-state index contributed by atoms with van der Waals surface area (Å²) >= 11 is 0. The van der Waals surface area contributed by atoms with Crippen molar-refractivity contribution in [1.82, 2.24) is 34.9 Å². The van der Waals surface area contributed by atoms with Crippen molar-refractivity contribution < 1.29 is 14.5 Å². The van der Waals surface area contributed by atoms with Gasteiger partial charge in [0.15, 0.2) is 0 Å². The summed E-state index contributed by atoms with van der Waals surface area (Å²) in [6.45, 7) is 1.71. The number of tetrazole rings is 1. The van der Waals surface area contributed by atoms with E-state index in [-0.39, 0.29) is 22.6 Å². The first kappa shape index (κ1) is 25.7. The second kappa shape index (κ2) is 10.8. The van der Waals surface area contributed by atoms with Gasteiger partial charge in [-0.15, -0.1) is 15.0 Å². The first-order valence-electron chi connectivity index (χ1n) is 12.2. The highest BCUT2D eigenvalue weighted by Gasteiger charge is 2.22. The monoisotopic (exact) mass is 526 g/mol. The summed E-state index contributed by atoms with van der Waals surface area (Å²) in [5, 5.41) is 29.4. The van der Waals surface area contributed by atoms with Crippen LogP contribution in [-0.4, -0.2) is 66.5 Å². The van der Waals surface area contributed by atoms with E-state index in [2.05, 4.69) is 55.4 Å². The van der Waals surface area contributed by atoms with E-state index in [0.717, 1.165) is 42.0 Å². The Kier molecular flexibility index (Phi) is 7.10. The van der Waals surface area contributed by atoms with Crippen LogP contribution in [-0.2, 0) is 24.8 Å². The lowest BCUT2D eigenvalue weighted by molar-refractivity contribution is -0.384. The lowest BCUT2D eigenvalue weighted by Crippen LogP contribution is -2.20. The van der Waals surface area contributed by atoms with Crippen molar-refractivity contribution >= 4 is 22.6 Å². The molecule has 5 rings (SSSR count). The highest BCUT2D eigenvalue weighted by molar-refractivity contribution is 5.91. The van der Waals surface area contributed by atoms with Crippen LogP contribution >= 0.6 is 0 Å². The van der Waals surface area contributed by atoms with Gasteiger partial charge >= 0.3 is 5.97 Å². The fraction of sp³-hybridized carbons (Fsp3) is 0.222. The van der Waals surface area contributed by atoms with Crippen LogP contribution < -0.4 is 0 Å². The number of nitrogens with zero attached hydrogens (tertiary/aromatic N) is 8. The van der Waals surface area contributed by atoms with Gasteiger partial charge in [0.25, 0.3) is 5.69 Å². The number of benzene rings is 3. The number of methoxy groups -OCH3 is 1. The van der Waals surface area contributed by atoms with Gasteiger partial charge in [0, 0.05) is 31.6 Å². The molecule has 2 heterocycles. The Labute approximate surface area is 223 Å². The summed E-state index contributed by atoms with van der Waals surface area (Å²) in [5.74, 6) is -0.591. The van der Waals surface area contributed by atoms with Gasteiger partial charge in [-0.2, -0.15) is 5.10 Å². The van der Waals surface area contributed by atoms with Crippen LogP contribution in [0.2, 0.25) is 0 Å². The molecule has 12 heteroatoms. The van der Waals surface area contributed by atoms with Crippen molar-refractivity contribution in [3.8, 4) is 17.1 Å². The summed E-state index contributed by atoms with van der Waals surface area (Å²) in [7, 11) is 5.25. The van der Waals surface area contributed by atoms with Gasteiger partial charge in [0.1, 0.15) is 5.56 Å². The Morgan fingerprint density at radius 2 is 1.85 bits per heavy atom. The Bertz CT molecular complexity index is 1660. The van der Waals surface area contributed by atoms with Crippen molar-refractivity contribution in [2.24, 2.45) is 7.05 Å². The summed E-state index contributed by atoms with van der Waals surface area (Å²) in [6.07, 6.45) is 2.75. The van der Waals surface area contributed by atoms with Gasteiger partial charge in [-0.05, 0) is 66.2 Å². The fourth-order valence-electron chi connectivity index (χ4n) is 4.37. The zero-order valence-electron chi connectivity index (χ0n) is 21.7. The van der Waals surface area contributed by atoms with Gasteiger partial charge in [0.05, 0.1) is 35.0 Å². The van der Waals surface area contributed by atoms with E-state index in [4.69, 9.17) is 0 Å². The van der Waals surface area contributed by atoms with Crippen LogP contribution in [0.25, 0.3) is 28.0 Å². The third-order valence-electron chi connectivity index (χ3n) is 6.48. The molecule has 3 aromatic carbocycles. The Balaban J connectivity index is 1.23. The predicted octanol–water partition coefficient (Wildman–Crippen LogP) is 3.59. The average Bonchev–Trinajstić information content (AvgIpc) is 3.58. The number of hydrogen-bond acceptors (Lipinski definition) is 9. The molecule has 198 valence electrons. The highest BCUT2D eigenvalue weighted by atomic mass is 16.6. The Hall–Kier alpha value is -4.97. The number of rotatable bonds is 9. The van der Waals surface area contributed by atoms with Crippen LogP contribution in [0.1, 0.15) is 21.5 Å². The summed E-state index contributed by atoms with van der Waals surface area (Å²) < 4.78 is 6.52. The van der Waals surface area contributed by atoms with Gasteiger partial charge in [0.2, 0.25) is 5.82 Å². The van der Waals surface area contributed by atoms with E-state index in [0.29, 0.717) is 5.69 Å². The number of carbonyl (C=O) groups excluding carboxylic acids is 1. The molecular formula is C27H26N8O4. The number of aryl methyl sites for hydroxylation is 1. The van der Waals surface area contributed by atoms with Gasteiger partial charge in [-0.1, -0.05) is 18.2 Å². The molecule has 39 heavy (non-hydrogen) atoms. The second-order valence-corrected chi connectivity index (χ2v) is 9.20. The Morgan fingerprint density at radius 1 is 1.08 bits per heavy atom. The van der Waals surface area contributed by atoms with E-state index in [1.54, 1.807) is 0 Å². The first-order chi connectivity index (χ1) is 18.8. The van der Waals surface area contributed by atoms with Crippen molar-refractivity contribution in [3.05, 3.63) is 93.7 Å². The van der Waals surface area contributed by atoms with Gasteiger partial charge < -0.3 is 9.64 Å². The standard InChI is InChI=1S/C27H26N8O4/c1-32(17-19-6-11-24-21(14-19)16-28-33(24)2)13-12-18-4-8-22(9-5-18)34-30-26(29-31-34)23-10-7-20(27(36)39-3)15-25(23)35(37)38/h4-11,14-16H,12-13,17H2,1-3H3. The quantitative estimate of drug-likeness (QED) is 0.160. The van der Waals surface area contributed by atoms with E-state index in [1.165, 1.54) is 29.6 Å². The van der Waals surface area contributed by atoms with Crippen LogP contribution in [0.5, 0.6) is 0 Å². The molecule has 0 aliphatic rings. The Morgan fingerprint density at radius 3 is 2.59 bits per heavy atom. The van der Waals surface area contributed by atoms with Crippen molar-refractivity contribution in [3.63, 3.8) is 0 Å². The molecule has 0 saturated heterocycles. The summed E-state index contributed by atoms with van der Waals surface area (Å²) in [5.41, 5.74) is 4.09. The van der Waals surface area contributed by atoms with Crippen LogP contribution in [0.4, 0.5) is 5.69 Å². The molecule has 0 aliphatic carbocycles. The number of carbonyl (C=O) groups is 1. The second-order valence-electron chi connectivity index (χ2n) is 9.20. The maximum atomic E-state index is 11.8. The van der Waals surface area contributed by atoms with E-state index < -0.39 is 10.9 Å². The molecule has 0 N–H and O–H groups in total. The molecule has 0 bridgehead atoms. The SMILES string of the molecule is COC(=O)c1ccc(-c2nnn(-c3ccc(CCN(C)Cc4ccc5c(cnn5C)c4)cc3)n2)c([N+](=O)[O-])c1. The van der Waals surface area contributed by atoms with Crippen LogP contribution in [0.15, 0.2) is 66.9 Å². The molecule has 0 atom stereocenters. The minimum atomic E-state index is -0.668. The fourth-order valence-corrected chi connectivity index (χ4v) is 4.37.